The molecule has 4 heteroatoms. The van der Waals surface area contributed by atoms with E-state index in [1.165, 1.54) is 6.08 Å². The van der Waals surface area contributed by atoms with Crippen LogP contribution in [0.3, 0.4) is 0 Å². The van der Waals surface area contributed by atoms with Gasteiger partial charge in [0.1, 0.15) is 5.78 Å². The van der Waals surface area contributed by atoms with E-state index in [2.05, 4.69) is 0 Å². The molecule has 1 fully saturated rings. The zero-order chi connectivity index (χ0) is 11.6. The Morgan fingerprint density at radius 3 is 2.94 bits per heavy atom. The van der Waals surface area contributed by atoms with Gasteiger partial charge in [0.15, 0.2) is 4.93 Å². The van der Waals surface area contributed by atoms with Crippen molar-refractivity contribution in [1.29, 1.82) is 0 Å². The van der Waals surface area contributed by atoms with E-state index in [0.717, 1.165) is 18.6 Å². The van der Waals surface area contributed by atoms with E-state index in [1.54, 1.807) is 11.8 Å². The van der Waals surface area contributed by atoms with Crippen LogP contribution < -0.4 is 0 Å². The molecular weight excluding hydrogens is 224 g/mol. The Balaban J connectivity index is 2.16. The molecule has 0 N–H and O–H groups in total. The smallest absolute Gasteiger partial charge is 0.332 e. The van der Waals surface area contributed by atoms with E-state index >= 15 is 0 Å². The number of ketones is 1. The molecule has 1 aliphatic carbocycles. The Kier molecular flexibility index (Phi) is 3.38. The third kappa shape index (κ3) is 2.17. The number of hydrogen-bond donors (Lipinski definition) is 0. The van der Waals surface area contributed by atoms with E-state index in [9.17, 15) is 9.59 Å². The second kappa shape index (κ2) is 4.62. The Labute approximate surface area is 99.6 Å². The van der Waals surface area contributed by atoms with Crippen LogP contribution in [0.1, 0.15) is 32.6 Å². The average molecular weight is 240 g/mol. The number of rotatable bonds is 3. The number of carbonyl (C=O) groups is 2. The highest BCUT2D eigenvalue weighted by Crippen LogP contribution is 2.44. The Morgan fingerprint density at radius 2 is 2.38 bits per heavy atom. The summed E-state index contributed by atoms with van der Waals surface area (Å²) >= 11 is 1.62. The predicted molar refractivity (Wildman–Crippen MR) is 63.1 cm³/mol. The minimum Gasteiger partial charge on any atom is -0.440 e. The first-order valence-electron chi connectivity index (χ1n) is 5.74. The summed E-state index contributed by atoms with van der Waals surface area (Å²) in [5.74, 6) is 1.05. The van der Waals surface area contributed by atoms with Gasteiger partial charge in [0, 0.05) is 24.8 Å². The Morgan fingerprint density at radius 1 is 1.56 bits per heavy atom. The minimum absolute atomic E-state index is 0.154. The first kappa shape index (κ1) is 11.7. The first-order chi connectivity index (χ1) is 7.66. The van der Waals surface area contributed by atoms with Crippen LogP contribution in [0.25, 0.3) is 0 Å². The van der Waals surface area contributed by atoms with Crippen molar-refractivity contribution in [2.75, 3.05) is 5.75 Å². The van der Waals surface area contributed by atoms with Gasteiger partial charge in [-0.25, -0.2) is 4.79 Å². The maximum Gasteiger partial charge on any atom is 0.332 e. The number of ether oxygens (including phenoxy) is 1. The van der Waals surface area contributed by atoms with Crippen LogP contribution in [0.4, 0.5) is 0 Å². The fourth-order valence-corrected chi connectivity index (χ4v) is 3.61. The SMILES string of the molecule is CCSC1(C2CCCC(=O)C2)C=CC(=O)O1. The van der Waals surface area contributed by atoms with E-state index < -0.39 is 4.93 Å². The van der Waals surface area contributed by atoms with Crippen molar-refractivity contribution in [3.8, 4) is 0 Å². The number of Topliss-reactive ketones (excluding diaryl/α,β-unsaturated/α-hetero) is 1. The Bertz CT molecular complexity index is 337. The summed E-state index contributed by atoms with van der Waals surface area (Å²) in [6, 6.07) is 0. The molecule has 2 aliphatic rings. The summed E-state index contributed by atoms with van der Waals surface area (Å²) in [6.07, 6.45) is 6.44. The minimum atomic E-state index is -0.568. The van der Waals surface area contributed by atoms with E-state index in [4.69, 9.17) is 4.74 Å². The lowest BCUT2D eigenvalue weighted by Crippen LogP contribution is -2.37. The number of cyclic esters (lactones) is 1. The van der Waals surface area contributed by atoms with Gasteiger partial charge in [-0.1, -0.05) is 6.92 Å². The third-order valence-corrected chi connectivity index (χ3v) is 4.43. The zero-order valence-electron chi connectivity index (χ0n) is 9.40. The van der Waals surface area contributed by atoms with Crippen LogP contribution in [0, 0.1) is 5.92 Å². The number of carbonyl (C=O) groups excluding carboxylic acids is 2. The molecule has 88 valence electrons. The van der Waals surface area contributed by atoms with E-state index in [0.29, 0.717) is 18.6 Å². The van der Waals surface area contributed by atoms with Crippen LogP contribution in [0.15, 0.2) is 12.2 Å². The van der Waals surface area contributed by atoms with Gasteiger partial charge in [0.05, 0.1) is 0 Å². The summed E-state index contributed by atoms with van der Waals surface area (Å²) in [6.45, 7) is 2.04. The Hall–Kier alpha value is -0.770. The van der Waals surface area contributed by atoms with Crippen molar-refractivity contribution in [3.63, 3.8) is 0 Å². The molecule has 0 radical (unpaired) electrons. The summed E-state index contributed by atoms with van der Waals surface area (Å²) in [4.78, 5) is 22.2. The topological polar surface area (TPSA) is 43.4 Å². The van der Waals surface area contributed by atoms with Gasteiger partial charge >= 0.3 is 5.97 Å². The second-order valence-corrected chi connectivity index (χ2v) is 5.74. The first-order valence-corrected chi connectivity index (χ1v) is 6.72. The zero-order valence-corrected chi connectivity index (χ0v) is 10.2. The van der Waals surface area contributed by atoms with Crippen molar-refractivity contribution in [2.24, 2.45) is 5.92 Å². The summed E-state index contributed by atoms with van der Waals surface area (Å²) in [7, 11) is 0. The highest BCUT2D eigenvalue weighted by Gasteiger charge is 2.45. The molecule has 0 aromatic rings. The van der Waals surface area contributed by atoms with Crippen LogP contribution in [-0.2, 0) is 14.3 Å². The van der Waals surface area contributed by atoms with Crippen molar-refractivity contribution in [3.05, 3.63) is 12.2 Å². The van der Waals surface area contributed by atoms with Gasteiger partial charge in [0.2, 0.25) is 0 Å². The lowest BCUT2D eigenvalue weighted by Gasteiger charge is -2.35. The van der Waals surface area contributed by atoms with Gasteiger partial charge < -0.3 is 4.74 Å². The third-order valence-electron chi connectivity index (χ3n) is 3.13. The summed E-state index contributed by atoms with van der Waals surface area (Å²) < 4.78 is 5.44. The van der Waals surface area contributed by atoms with Gasteiger partial charge in [-0.15, -0.1) is 11.8 Å². The normalized spacial score (nSPS) is 34.2. The molecule has 0 amide bonds. The largest absolute Gasteiger partial charge is 0.440 e. The molecule has 2 atom stereocenters. The molecule has 0 aromatic heterocycles. The molecule has 16 heavy (non-hydrogen) atoms. The van der Waals surface area contributed by atoms with E-state index in [1.807, 2.05) is 13.0 Å². The monoisotopic (exact) mass is 240 g/mol. The van der Waals surface area contributed by atoms with Gasteiger partial charge in [-0.05, 0) is 24.7 Å². The molecule has 2 unspecified atom stereocenters. The molecule has 2 rings (SSSR count). The summed E-state index contributed by atoms with van der Waals surface area (Å²) in [5, 5.41) is 0. The van der Waals surface area contributed by atoms with Crippen LogP contribution in [0.5, 0.6) is 0 Å². The second-order valence-electron chi connectivity index (χ2n) is 4.24. The lowest BCUT2D eigenvalue weighted by molar-refractivity contribution is -0.144. The molecule has 3 nitrogen and oxygen atoms in total. The highest BCUT2D eigenvalue weighted by atomic mass is 32.2. The van der Waals surface area contributed by atoms with Crippen molar-refractivity contribution < 1.29 is 14.3 Å². The molecular formula is C12H16O3S. The maximum atomic E-state index is 11.5. The van der Waals surface area contributed by atoms with Crippen LogP contribution in [0.2, 0.25) is 0 Å². The highest BCUT2D eigenvalue weighted by molar-refractivity contribution is 8.00. The lowest BCUT2D eigenvalue weighted by atomic mass is 9.84. The summed E-state index contributed by atoms with van der Waals surface area (Å²) in [5.41, 5.74) is 0. The number of thioether (sulfide) groups is 1. The average Bonchev–Trinajstić information content (AvgIpc) is 2.62. The van der Waals surface area contributed by atoms with E-state index in [-0.39, 0.29) is 11.9 Å². The molecule has 1 aliphatic heterocycles. The molecule has 0 aromatic carbocycles. The van der Waals surface area contributed by atoms with Crippen molar-refractivity contribution in [2.45, 2.75) is 37.5 Å². The standard InChI is InChI=1S/C12H16O3S/c1-2-16-12(7-6-11(14)15-12)9-4-3-5-10(13)8-9/h6-7,9H,2-5,8H2,1H3. The fourth-order valence-electron chi connectivity index (χ4n) is 2.42. The number of hydrogen-bond acceptors (Lipinski definition) is 4. The molecule has 0 saturated heterocycles. The maximum absolute atomic E-state index is 11.5. The molecule has 1 heterocycles. The molecule has 0 bridgehead atoms. The van der Waals surface area contributed by atoms with Gasteiger partial charge in [0.25, 0.3) is 0 Å². The number of esters is 1. The quantitative estimate of drug-likeness (QED) is 0.710. The molecule has 1 saturated carbocycles. The van der Waals surface area contributed by atoms with Crippen LogP contribution in [-0.4, -0.2) is 22.4 Å². The predicted octanol–water partition coefficient (Wildman–Crippen LogP) is 2.31. The van der Waals surface area contributed by atoms with Gasteiger partial charge in [-0.3, -0.25) is 4.79 Å². The molecule has 0 spiro atoms. The fraction of sp³-hybridized carbons (Fsp3) is 0.667. The van der Waals surface area contributed by atoms with Crippen molar-refractivity contribution >= 4 is 23.5 Å². The van der Waals surface area contributed by atoms with Crippen molar-refractivity contribution in [1.82, 2.24) is 0 Å². The van der Waals surface area contributed by atoms with Gasteiger partial charge in [-0.2, -0.15) is 0 Å². The van der Waals surface area contributed by atoms with Crippen LogP contribution >= 0.6 is 11.8 Å².